The maximum absolute atomic E-state index is 10.9. The van der Waals surface area contributed by atoms with Crippen LogP contribution in [0.15, 0.2) is 48.6 Å². The van der Waals surface area contributed by atoms with Crippen molar-refractivity contribution in [2.24, 2.45) is 5.73 Å². The molecule has 0 saturated heterocycles. The van der Waals surface area contributed by atoms with Crippen molar-refractivity contribution < 1.29 is 4.79 Å². The molecule has 0 saturated carbocycles. The molecule has 1 unspecified atom stereocenters. The first kappa shape index (κ1) is 9.87. The van der Waals surface area contributed by atoms with E-state index in [0.29, 0.717) is 6.42 Å². The van der Waals surface area contributed by atoms with Crippen molar-refractivity contribution >= 4 is 11.9 Å². The van der Waals surface area contributed by atoms with E-state index in [1.54, 1.807) is 6.08 Å². The van der Waals surface area contributed by atoms with Crippen LogP contribution in [-0.2, 0) is 4.79 Å². The molecular formula is C13H13NO. The van der Waals surface area contributed by atoms with Gasteiger partial charge in [0.25, 0.3) is 0 Å². The van der Waals surface area contributed by atoms with Crippen LogP contribution in [0.1, 0.15) is 12.0 Å². The van der Waals surface area contributed by atoms with Gasteiger partial charge < -0.3 is 10.5 Å². The number of allylic oxidation sites excluding steroid dienone is 2. The molecule has 0 amide bonds. The smallest absolute Gasteiger partial charge is 0.144 e. The Balaban J connectivity index is 2.30. The summed E-state index contributed by atoms with van der Waals surface area (Å²) in [6, 6.07) is 9.98. The van der Waals surface area contributed by atoms with Gasteiger partial charge in [-0.3, -0.25) is 0 Å². The summed E-state index contributed by atoms with van der Waals surface area (Å²) in [5, 5.41) is 0. The monoisotopic (exact) mass is 199 g/mol. The summed E-state index contributed by atoms with van der Waals surface area (Å²) < 4.78 is 0. The van der Waals surface area contributed by atoms with E-state index in [1.165, 1.54) is 0 Å². The molecule has 76 valence electrons. The van der Waals surface area contributed by atoms with Crippen molar-refractivity contribution in [1.82, 2.24) is 0 Å². The zero-order valence-corrected chi connectivity index (χ0v) is 8.39. The van der Waals surface area contributed by atoms with Crippen LogP contribution in [0.2, 0.25) is 0 Å². The van der Waals surface area contributed by atoms with E-state index in [0.717, 1.165) is 17.4 Å². The molecule has 2 rings (SSSR count). The lowest BCUT2D eigenvalue weighted by atomic mass is 9.86. The van der Waals surface area contributed by atoms with Gasteiger partial charge in [-0.15, -0.1) is 0 Å². The maximum atomic E-state index is 10.9. The predicted molar refractivity (Wildman–Crippen MR) is 61.2 cm³/mol. The third-order valence-corrected chi connectivity index (χ3v) is 2.56. The molecule has 1 aromatic carbocycles. The largest absolute Gasteiger partial charge is 0.316 e. The Labute approximate surface area is 89.1 Å². The van der Waals surface area contributed by atoms with Gasteiger partial charge in [0.05, 0.1) is 5.54 Å². The summed E-state index contributed by atoms with van der Waals surface area (Å²) in [5.74, 6) is 0. The summed E-state index contributed by atoms with van der Waals surface area (Å²) in [6.45, 7) is 0. The summed E-state index contributed by atoms with van der Waals surface area (Å²) in [7, 11) is 0. The number of aldehydes is 1. The third-order valence-electron chi connectivity index (χ3n) is 2.56. The summed E-state index contributed by atoms with van der Waals surface area (Å²) in [6.07, 6.45) is 6.97. The number of rotatable bonds is 2. The molecule has 1 aliphatic carbocycles. The van der Waals surface area contributed by atoms with E-state index in [2.05, 4.69) is 0 Å². The Kier molecular flexibility index (Phi) is 2.52. The molecule has 0 spiro atoms. The fraction of sp³-hybridized carbons (Fsp3) is 0.154. The van der Waals surface area contributed by atoms with Crippen LogP contribution < -0.4 is 5.73 Å². The number of hydrogen-bond acceptors (Lipinski definition) is 2. The van der Waals surface area contributed by atoms with Gasteiger partial charge in [0.1, 0.15) is 6.29 Å². The van der Waals surface area contributed by atoms with Gasteiger partial charge in [0.2, 0.25) is 0 Å². The number of benzene rings is 1. The Morgan fingerprint density at radius 3 is 2.67 bits per heavy atom. The molecule has 2 heteroatoms. The average Bonchev–Trinajstić information content (AvgIpc) is 2.30. The SMILES string of the molecule is NC1(C=O)C=CC=C(c2ccccc2)C1. The first-order chi connectivity index (χ1) is 7.23. The van der Waals surface area contributed by atoms with Crippen molar-refractivity contribution in [3.8, 4) is 0 Å². The highest BCUT2D eigenvalue weighted by Gasteiger charge is 2.24. The van der Waals surface area contributed by atoms with Crippen molar-refractivity contribution in [3.63, 3.8) is 0 Å². The molecule has 0 fully saturated rings. The second-order valence-electron chi connectivity index (χ2n) is 3.82. The van der Waals surface area contributed by atoms with Crippen LogP contribution in [0.3, 0.4) is 0 Å². The lowest BCUT2D eigenvalue weighted by Gasteiger charge is -2.23. The van der Waals surface area contributed by atoms with Crippen molar-refractivity contribution in [2.75, 3.05) is 0 Å². The second kappa shape index (κ2) is 3.83. The maximum Gasteiger partial charge on any atom is 0.144 e. The quantitative estimate of drug-likeness (QED) is 0.739. The van der Waals surface area contributed by atoms with Crippen LogP contribution in [0.25, 0.3) is 5.57 Å². The zero-order valence-electron chi connectivity index (χ0n) is 8.39. The summed E-state index contributed by atoms with van der Waals surface area (Å²) in [5.41, 5.74) is 7.28. The third kappa shape index (κ3) is 2.05. The van der Waals surface area contributed by atoms with E-state index >= 15 is 0 Å². The van der Waals surface area contributed by atoms with Gasteiger partial charge in [0.15, 0.2) is 0 Å². The first-order valence-electron chi connectivity index (χ1n) is 4.92. The minimum Gasteiger partial charge on any atom is -0.316 e. The second-order valence-corrected chi connectivity index (χ2v) is 3.82. The van der Waals surface area contributed by atoms with Gasteiger partial charge in [-0.2, -0.15) is 0 Å². The number of carbonyl (C=O) groups excluding carboxylic acids is 1. The lowest BCUT2D eigenvalue weighted by Crippen LogP contribution is -2.40. The highest BCUT2D eigenvalue weighted by Crippen LogP contribution is 2.27. The molecule has 2 N–H and O–H groups in total. The highest BCUT2D eigenvalue weighted by atomic mass is 16.1. The standard InChI is InChI=1S/C13H13NO/c14-13(10-15)8-4-7-12(9-13)11-5-2-1-3-6-11/h1-8,10H,9,14H2. The fourth-order valence-corrected chi connectivity index (χ4v) is 1.72. The van der Waals surface area contributed by atoms with Crippen molar-refractivity contribution in [2.45, 2.75) is 12.0 Å². The van der Waals surface area contributed by atoms with Gasteiger partial charge >= 0.3 is 0 Å². The Morgan fingerprint density at radius 1 is 1.27 bits per heavy atom. The number of nitrogens with two attached hydrogens (primary N) is 1. The van der Waals surface area contributed by atoms with Crippen molar-refractivity contribution in [3.05, 3.63) is 54.1 Å². The topological polar surface area (TPSA) is 43.1 Å². The summed E-state index contributed by atoms with van der Waals surface area (Å²) >= 11 is 0. The molecule has 0 aromatic heterocycles. The predicted octanol–water partition coefficient (Wildman–Crippen LogP) is 1.93. The number of carbonyl (C=O) groups is 1. The van der Waals surface area contributed by atoms with Gasteiger partial charge in [0, 0.05) is 6.42 Å². The fourth-order valence-electron chi connectivity index (χ4n) is 1.72. The van der Waals surface area contributed by atoms with Crippen LogP contribution in [-0.4, -0.2) is 11.8 Å². The van der Waals surface area contributed by atoms with E-state index in [1.807, 2.05) is 42.5 Å². The normalized spacial score (nSPS) is 24.7. The molecule has 0 aliphatic heterocycles. The molecule has 1 aromatic rings. The molecule has 0 bridgehead atoms. The molecule has 0 radical (unpaired) electrons. The highest BCUT2D eigenvalue weighted by molar-refractivity contribution is 5.78. The minimum absolute atomic E-state index is 0.566. The van der Waals surface area contributed by atoms with Crippen LogP contribution in [0.4, 0.5) is 0 Å². The van der Waals surface area contributed by atoms with E-state index in [9.17, 15) is 4.79 Å². The van der Waals surface area contributed by atoms with Crippen LogP contribution >= 0.6 is 0 Å². The molecule has 2 nitrogen and oxygen atoms in total. The number of hydrogen-bond donors (Lipinski definition) is 1. The first-order valence-corrected chi connectivity index (χ1v) is 4.92. The average molecular weight is 199 g/mol. The zero-order chi connectivity index (χ0) is 10.7. The Morgan fingerprint density at radius 2 is 2.00 bits per heavy atom. The Hall–Kier alpha value is -1.67. The van der Waals surface area contributed by atoms with E-state index in [4.69, 9.17) is 5.73 Å². The molecule has 15 heavy (non-hydrogen) atoms. The lowest BCUT2D eigenvalue weighted by molar-refractivity contribution is -0.110. The molecular weight excluding hydrogens is 186 g/mol. The molecule has 1 atom stereocenters. The summed E-state index contributed by atoms with van der Waals surface area (Å²) in [4.78, 5) is 10.9. The molecule has 0 heterocycles. The van der Waals surface area contributed by atoms with Gasteiger partial charge in [-0.25, -0.2) is 0 Å². The molecule has 1 aliphatic rings. The van der Waals surface area contributed by atoms with E-state index in [-0.39, 0.29) is 0 Å². The van der Waals surface area contributed by atoms with Gasteiger partial charge in [-0.05, 0) is 11.1 Å². The van der Waals surface area contributed by atoms with Crippen molar-refractivity contribution in [1.29, 1.82) is 0 Å². The Bertz CT molecular complexity index is 419. The van der Waals surface area contributed by atoms with Gasteiger partial charge in [-0.1, -0.05) is 48.6 Å². The minimum atomic E-state index is -0.833. The van der Waals surface area contributed by atoms with Crippen LogP contribution in [0.5, 0.6) is 0 Å². The van der Waals surface area contributed by atoms with Crippen LogP contribution in [0, 0.1) is 0 Å². The van der Waals surface area contributed by atoms with E-state index < -0.39 is 5.54 Å².